The molecule has 0 fully saturated rings. The number of carbonyl (C=O) groups excluding carboxylic acids is 1. The summed E-state index contributed by atoms with van der Waals surface area (Å²) in [7, 11) is 0. The molecule has 0 aromatic carbocycles. The largest absolute Gasteiger partial charge is 0.366 e. The van der Waals surface area contributed by atoms with Crippen LogP contribution in [0.4, 0.5) is 0 Å². The van der Waals surface area contributed by atoms with Crippen molar-refractivity contribution in [2.24, 2.45) is 11.5 Å². The molecule has 1 heterocycles. The zero-order valence-electron chi connectivity index (χ0n) is 7.83. The van der Waals surface area contributed by atoms with Crippen LogP contribution in [0.2, 0.25) is 5.15 Å². The molecule has 4 N–H and O–H groups in total. The molecule has 0 aliphatic rings. The van der Waals surface area contributed by atoms with Crippen LogP contribution in [0.1, 0.15) is 35.3 Å². The number of nitrogens with two attached hydrogens (primary N) is 2. The van der Waals surface area contributed by atoms with E-state index in [1.165, 1.54) is 6.20 Å². The van der Waals surface area contributed by atoms with Gasteiger partial charge in [0.15, 0.2) is 0 Å². The second kappa shape index (κ2) is 4.39. The molecule has 5 heteroatoms. The third-order valence-corrected chi connectivity index (χ3v) is 2.31. The highest BCUT2D eigenvalue weighted by molar-refractivity contribution is 6.30. The maximum Gasteiger partial charge on any atom is 0.250 e. The van der Waals surface area contributed by atoms with Crippen molar-refractivity contribution in [2.45, 2.75) is 19.4 Å². The fraction of sp³-hybridized carbons (Fsp3) is 0.333. The number of halogens is 1. The number of amides is 1. The third-order valence-electron chi connectivity index (χ3n) is 1.99. The van der Waals surface area contributed by atoms with Gasteiger partial charge in [0.05, 0.1) is 5.56 Å². The predicted octanol–water partition coefficient (Wildman–Crippen LogP) is 1.24. The van der Waals surface area contributed by atoms with Gasteiger partial charge in [0.1, 0.15) is 5.15 Å². The van der Waals surface area contributed by atoms with Crippen LogP contribution in [0, 0.1) is 0 Å². The topological polar surface area (TPSA) is 82.0 Å². The van der Waals surface area contributed by atoms with Crippen LogP contribution in [-0.4, -0.2) is 10.9 Å². The van der Waals surface area contributed by atoms with Gasteiger partial charge in [-0.15, -0.1) is 0 Å². The second-order valence-electron chi connectivity index (χ2n) is 2.98. The van der Waals surface area contributed by atoms with E-state index in [0.717, 1.165) is 6.42 Å². The molecular weight excluding hydrogens is 202 g/mol. The van der Waals surface area contributed by atoms with Crippen molar-refractivity contribution in [1.29, 1.82) is 0 Å². The van der Waals surface area contributed by atoms with Crippen molar-refractivity contribution in [3.63, 3.8) is 0 Å². The molecule has 0 unspecified atom stereocenters. The fourth-order valence-corrected chi connectivity index (χ4v) is 1.32. The Kier molecular flexibility index (Phi) is 3.43. The Hall–Kier alpha value is -1.13. The highest BCUT2D eigenvalue weighted by atomic mass is 35.5. The number of carbonyl (C=O) groups is 1. The van der Waals surface area contributed by atoms with Gasteiger partial charge in [-0.3, -0.25) is 4.79 Å². The molecule has 1 atom stereocenters. The van der Waals surface area contributed by atoms with Crippen LogP contribution in [0.25, 0.3) is 0 Å². The smallest absolute Gasteiger partial charge is 0.250 e. The molecule has 1 aromatic heterocycles. The first-order valence-corrected chi connectivity index (χ1v) is 4.64. The Balaban J connectivity index is 3.14. The fourth-order valence-electron chi connectivity index (χ4n) is 1.08. The first kappa shape index (κ1) is 10.9. The average molecular weight is 214 g/mol. The minimum absolute atomic E-state index is 0.214. The van der Waals surface area contributed by atoms with Gasteiger partial charge >= 0.3 is 0 Å². The zero-order chi connectivity index (χ0) is 10.7. The number of nitrogens with zero attached hydrogens (tertiary/aromatic N) is 1. The summed E-state index contributed by atoms with van der Waals surface area (Å²) in [6.07, 6.45) is 2.07. The van der Waals surface area contributed by atoms with E-state index in [-0.39, 0.29) is 6.04 Å². The first-order chi connectivity index (χ1) is 6.56. The van der Waals surface area contributed by atoms with E-state index in [0.29, 0.717) is 16.3 Å². The number of primary amides is 1. The van der Waals surface area contributed by atoms with E-state index in [4.69, 9.17) is 23.1 Å². The van der Waals surface area contributed by atoms with Gasteiger partial charge in [0, 0.05) is 17.8 Å². The Morgan fingerprint density at radius 3 is 2.86 bits per heavy atom. The van der Waals surface area contributed by atoms with E-state index in [1.807, 2.05) is 6.92 Å². The maximum atomic E-state index is 10.9. The third kappa shape index (κ3) is 2.21. The van der Waals surface area contributed by atoms with Gasteiger partial charge < -0.3 is 11.5 Å². The van der Waals surface area contributed by atoms with Crippen LogP contribution in [0.3, 0.4) is 0 Å². The molecule has 0 radical (unpaired) electrons. The monoisotopic (exact) mass is 213 g/mol. The minimum atomic E-state index is -0.529. The van der Waals surface area contributed by atoms with E-state index < -0.39 is 5.91 Å². The van der Waals surface area contributed by atoms with Crippen molar-refractivity contribution in [3.05, 3.63) is 28.5 Å². The molecule has 0 aliphatic heterocycles. The Bertz CT molecular complexity index is 354. The average Bonchev–Trinajstić information content (AvgIpc) is 2.17. The molecule has 0 saturated carbocycles. The normalized spacial score (nSPS) is 12.5. The molecule has 4 nitrogen and oxygen atoms in total. The summed E-state index contributed by atoms with van der Waals surface area (Å²) in [4.78, 5) is 14.7. The van der Waals surface area contributed by atoms with Gasteiger partial charge in [0.25, 0.3) is 0 Å². The standard InChI is InChI=1S/C9H12ClN3O/c1-2-7(11)6-3-5(9(12)14)4-13-8(6)10/h3-4,7H,2,11H2,1H3,(H2,12,14)/t7-/m1/s1. The lowest BCUT2D eigenvalue weighted by Gasteiger charge is -2.11. The Labute approximate surface area is 87.3 Å². The highest BCUT2D eigenvalue weighted by Crippen LogP contribution is 2.22. The van der Waals surface area contributed by atoms with E-state index in [2.05, 4.69) is 4.98 Å². The predicted molar refractivity (Wildman–Crippen MR) is 55.0 cm³/mol. The van der Waals surface area contributed by atoms with Gasteiger partial charge in [-0.05, 0) is 12.5 Å². The van der Waals surface area contributed by atoms with Crippen LogP contribution < -0.4 is 11.5 Å². The van der Waals surface area contributed by atoms with Gasteiger partial charge in [-0.1, -0.05) is 18.5 Å². The molecule has 1 amide bonds. The Morgan fingerprint density at radius 2 is 2.36 bits per heavy atom. The summed E-state index contributed by atoms with van der Waals surface area (Å²) in [6.45, 7) is 1.93. The molecule has 1 aromatic rings. The maximum absolute atomic E-state index is 10.9. The summed E-state index contributed by atoms with van der Waals surface area (Å²) >= 11 is 5.83. The van der Waals surface area contributed by atoms with Crippen LogP contribution in [-0.2, 0) is 0 Å². The van der Waals surface area contributed by atoms with Gasteiger partial charge in [-0.2, -0.15) is 0 Å². The molecule has 76 valence electrons. The van der Waals surface area contributed by atoms with E-state index in [1.54, 1.807) is 6.07 Å². The second-order valence-corrected chi connectivity index (χ2v) is 3.34. The van der Waals surface area contributed by atoms with Crippen molar-refractivity contribution in [1.82, 2.24) is 4.98 Å². The first-order valence-electron chi connectivity index (χ1n) is 4.27. The Morgan fingerprint density at radius 1 is 1.71 bits per heavy atom. The molecule has 14 heavy (non-hydrogen) atoms. The summed E-state index contributed by atoms with van der Waals surface area (Å²) in [5, 5.41) is 0.323. The van der Waals surface area contributed by atoms with Crippen LogP contribution >= 0.6 is 11.6 Å². The van der Waals surface area contributed by atoms with E-state index >= 15 is 0 Å². The van der Waals surface area contributed by atoms with Crippen molar-refractivity contribution in [3.8, 4) is 0 Å². The molecule has 0 aliphatic carbocycles. The summed E-state index contributed by atoms with van der Waals surface area (Å²) in [6, 6.07) is 1.38. The summed E-state index contributed by atoms with van der Waals surface area (Å²) < 4.78 is 0. The van der Waals surface area contributed by atoms with Crippen molar-refractivity contribution >= 4 is 17.5 Å². The molecule has 1 rings (SSSR count). The lowest BCUT2D eigenvalue weighted by atomic mass is 10.1. The lowest BCUT2D eigenvalue weighted by molar-refractivity contribution is 0.1000. The SMILES string of the molecule is CC[C@@H](N)c1cc(C(N)=O)cnc1Cl. The summed E-state index contributed by atoms with van der Waals surface area (Å²) in [5.41, 5.74) is 11.9. The molecule has 0 saturated heterocycles. The lowest BCUT2D eigenvalue weighted by Crippen LogP contribution is -2.15. The number of pyridine rings is 1. The van der Waals surface area contributed by atoms with Gasteiger partial charge in [0.2, 0.25) is 5.91 Å². The zero-order valence-corrected chi connectivity index (χ0v) is 8.58. The van der Waals surface area contributed by atoms with Gasteiger partial charge in [-0.25, -0.2) is 4.98 Å². The van der Waals surface area contributed by atoms with E-state index in [9.17, 15) is 4.79 Å². The molecule has 0 spiro atoms. The molecular formula is C9H12ClN3O. The number of hydrogen-bond acceptors (Lipinski definition) is 3. The van der Waals surface area contributed by atoms with Crippen LogP contribution in [0.5, 0.6) is 0 Å². The number of rotatable bonds is 3. The molecule has 0 bridgehead atoms. The quantitative estimate of drug-likeness (QED) is 0.742. The van der Waals surface area contributed by atoms with Crippen molar-refractivity contribution in [2.75, 3.05) is 0 Å². The minimum Gasteiger partial charge on any atom is -0.366 e. The summed E-state index contributed by atoms with van der Waals surface area (Å²) in [5.74, 6) is -0.529. The number of hydrogen-bond donors (Lipinski definition) is 2. The number of aromatic nitrogens is 1. The highest BCUT2D eigenvalue weighted by Gasteiger charge is 2.12. The van der Waals surface area contributed by atoms with Crippen LogP contribution in [0.15, 0.2) is 12.3 Å². The van der Waals surface area contributed by atoms with Crippen molar-refractivity contribution < 1.29 is 4.79 Å².